The average molecular weight is 315 g/mol. The quantitative estimate of drug-likeness (QED) is 0.623. The molecule has 0 atom stereocenters. The fourth-order valence-electron chi connectivity index (χ4n) is 2.45. The molecule has 0 amide bonds. The zero-order valence-electron chi connectivity index (χ0n) is 9.24. The number of halogens is 2. The van der Waals surface area contributed by atoms with Crippen molar-refractivity contribution in [1.29, 1.82) is 0 Å². The minimum absolute atomic E-state index is 0.705. The fourth-order valence-corrected chi connectivity index (χ4v) is 5.12. The molecule has 6 heteroatoms. The van der Waals surface area contributed by atoms with Gasteiger partial charge in [0, 0.05) is 22.3 Å². The number of hydrogen-bond acceptors (Lipinski definition) is 3. The molecule has 0 unspecified atom stereocenters. The number of rotatable bonds is 1. The third-order valence-electron chi connectivity index (χ3n) is 3.25. The monoisotopic (exact) mass is 314 g/mol. The summed E-state index contributed by atoms with van der Waals surface area (Å²) in [7, 11) is 0. The van der Waals surface area contributed by atoms with Gasteiger partial charge in [-0.2, -0.15) is 0 Å². The van der Waals surface area contributed by atoms with Crippen LogP contribution in [0, 0.1) is 0 Å². The lowest BCUT2D eigenvalue weighted by Gasteiger charge is -1.92. The summed E-state index contributed by atoms with van der Waals surface area (Å²) >= 11 is 15.3. The second-order valence-electron chi connectivity index (χ2n) is 4.34. The molecule has 92 valence electrons. The van der Waals surface area contributed by atoms with Gasteiger partial charge in [0.2, 0.25) is 0 Å². The maximum Gasteiger partial charge on any atom is 0.194 e. The summed E-state index contributed by atoms with van der Waals surface area (Å²) in [5, 5.41) is 0. The SMILES string of the molecule is Clc1cc(-c2cn3c4c(sc3n2)CCC4)c(Cl)s1. The highest BCUT2D eigenvalue weighted by Gasteiger charge is 2.20. The van der Waals surface area contributed by atoms with Crippen LogP contribution in [0.4, 0.5) is 0 Å². The number of aryl methyl sites for hydroxylation is 2. The van der Waals surface area contributed by atoms with E-state index in [2.05, 4.69) is 15.6 Å². The van der Waals surface area contributed by atoms with Crippen LogP contribution in [0.3, 0.4) is 0 Å². The molecule has 0 spiro atoms. The normalized spacial score (nSPS) is 14.6. The molecule has 4 rings (SSSR count). The third-order valence-corrected chi connectivity index (χ3v) is 5.90. The van der Waals surface area contributed by atoms with Gasteiger partial charge >= 0.3 is 0 Å². The predicted octanol–water partition coefficient (Wildman–Crippen LogP) is 4.92. The van der Waals surface area contributed by atoms with Gasteiger partial charge in [-0.15, -0.1) is 22.7 Å². The zero-order valence-corrected chi connectivity index (χ0v) is 12.4. The molecule has 0 aliphatic heterocycles. The van der Waals surface area contributed by atoms with Crippen LogP contribution in [0.2, 0.25) is 8.67 Å². The van der Waals surface area contributed by atoms with Gasteiger partial charge in [-0.1, -0.05) is 23.2 Å². The summed E-state index contributed by atoms with van der Waals surface area (Å²) < 4.78 is 3.63. The van der Waals surface area contributed by atoms with Gasteiger partial charge < -0.3 is 0 Å². The Balaban J connectivity index is 1.92. The minimum Gasteiger partial charge on any atom is -0.294 e. The van der Waals surface area contributed by atoms with E-state index in [0.29, 0.717) is 8.67 Å². The Morgan fingerprint density at radius 1 is 1.22 bits per heavy atom. The number of hydrogen-bond donors (Lipinski definition) is 0. The number of thiophene rings is 1. The summed E-state index contributed by atoms with van der Waals surface area (Å²) in [5.41, 5.74) is 3.28. The smallest absolute Gasteiger partial charge is 0.194 e. The van der Waals surface area contributed by atoms with E-state index in [1.54, 1.807) is 11.3 Å². The van der Waals surface area contributed by atoms with E-state index in [4.69, 9.17) is 23.2 Å². The third kappa shape index (κ3) is 1.56. The summed E-state index contributed by atoms with van der Waals surface area (Å²) in [6, 6.07) is 1.89. The van der Waals surface area contributed by atoms with Crippen molar-refractivity contribution in [3.8, 4) is 11.3 Å². The van der Waals surface area contributed by atoms with Crippen molar-refractivity contribution >= 4 is 50.8 Å². The first kappa shape index (κ1) is 11.3. The Bertz CT molecular complexity index is 754. The van der Waals surface area contributed by atoms with E-state index >= 15 is 0 Å². The summed E-state index contributed by atoms with van der Waals surface area (Å²) in [6.07, 6.45) is 5.70. The van der Waals surface area contributed by atoms with E-state index in [1.165, 1.54) is 34.7 Å². The van der Waals surface area contributed by atoms with Crippen molar-refractivity contribution < 1.29 is 0 Å². The van der Waals surface area contributed by atoms with E-state index in [0.717, 1.165) is 22.6 Å². The lowest BCUT2D eigenvalue weighted by atomic mass is 10.3. The number of aromatic nitrogens is 2. The molecule has 0 fully saturated rings. The van der Waals surface area contributed by atoms with Crippen LogP contribution in [0.1, 0.15) is 17.0 Å². The van der Waals surface area contributed by atoms with Gasteiger partial charge in [0.05, 0.1) is 10.0 Å². The standard InChI is InChI=1S/C12H8Cl2N2S2/c13-10-4-6(11(14)18-10)7-5-16-8-2-1-3-9(8)17-12(16)15-7/h4-5H,1-3H2. The van der Waals surface area contributed by atoms with Crippen LogP contribution in [0.15, 0.2) is 12.3 Å². The van der Waals surface area contributed by atoms with Crippen LogP contribution in [0.5, 0.6) is 0 Å². The molecule has 0 radical (unpaired) electrons. The molecule has 0 saturated heterocycles. The van der Waals surface area contributed by atoms with Crippen molar-refractivity contribution in [2.75, 3.05) is 0 Å². The van der Waals surface area contributed by atoms with E-state index < -0.39 is 0 Å². The molecular weight excluding hydrogens is 307 g/mol. The van der Waals surface area contributed by atoms with Crippen LogP contribution in [0.25, 0.3) is 16.2 Å². The van der Waals surface area contributed by atoms with E-state index in [9.17, 15) is 0 Å². The van der Waals surface area contributed by atoms with Gasteiger partial charge in [-0.25, -0.2) is 4.98 Å². The number of thiazole rings is 1. The second-order valence-corrected chi connectivity index (χ2v) is 7.69. The lowest BCUT2D eigenvalue weighted by Crippen LogP contribution is -1.85. The number of nitrogens with zero attached hydrogens (tertiary/aromatic N) is 2. The first-order valence-electron chi connectivity index (χ1n) is 5.67. The van der Waals surface area contributed by atoms with Gasteiger partial charge in [-0.3, -0.25) is 4.40 Å². The highest BCUT2D eigenvalue weighted by atomic mass is 35.5. The molecule has 3 aromatic rings. The number of imidazole rings is 1. The Morgan fingerprint density at radius 3 is 2.89 bits per heavy atom. The first-order chi connectivity index (χ1) is 8.72. The van der Waals surface area contributed by atoms with Gasteiger partial charge in [-0.05, 0) is 25.3 Å². The molecular formula is C12H8Cl2N2S2. The molecule has 0 bridgehead atoms. The first-order valence-corrected chi connectivity index (χ1v) is 8.06. The van der Waals surface area contributed by atoms with Gasteiger partial charge in [0.25, 0.3) is 0 Å². The molecule has 2 nitrogen and oxygen atoms in total. The predicted molar refractivity (Wildman–Crippen MR) is 78.4 cm³/mol. The minimum atomic E-state index is 0.705. The van der Waals surface area contributed by atoms with E-state index in [1.807, 2.05) is 6.07 Å². The van der Waals surface area contributed by atoms with E-state index in [-0.39, 0.29) is 0 Å². The molecule has 1 aliphatic carbocycles. The molecule has 1 aliphatic rings. The highest BCUT2D eigenvalue weighted by Crippen LogP contribution is 2.39. The fraction of sp³-hybridized carbons (Fsp3) is 0.250. The van der Waals surface area contributed by atoms with Crippen molar-refractivity contribution in [2.45, 2.75) is 19.3 Å². The maximum absolute atomic E-state index is 6.18. The van der Waals surface area contributed by atoms with Crippen LogP contribution in [-0.2, 0) is 12.8 Å². The van der Waals surface area contributed by atoms with Crippen LogP contribution < -0.4 is 0 Å². The van der Waals surface area contributed by atoms with Crippen LogP contribution >= 0.6 is 45.9 Å². The Kier molecular flexibility index (Phi) is 2.49. The zero-order chi connectivity index (χ0) is 12.3. The van der Waals surface area contributed by atoms with Crippen molar-refractivity contribution in [2.24, 2.45) is 0 Å². The summed E-state index contributed by atoms with van der Waals surface area (Å²) in [5.74, 6) is 0. The van der Waals surface area contributed by atoms with Crippen molar-refractivity contribution in [1.82, 2.24) is 9.38 Å². The van der Waals surface area contributed by atoms with Crippen molar-refractivity contribution in [3.63, 3.8) is 0 Å². The molecule has 0 saturated carbocycles. The Labute approximate surface area is 122 Å². The lowest BCUT2D eigenvalue weighted by molar-refractivity contribution is 0.888. The summed E-state index contributed by atoms with van der Waals surface area (Å²) in [4.78, 5) is 7.21. The highest BCUT2D eigenvalue weighted by molar-refractivity contribution is 7.20. The van der Waals surface area contributed by atoms with Gasteiger partial charge in [0.1, 0.15) is 4.34 Å². The Morgan fingerprint density at radius 2 is 2.11 bits per heavy atom. The molecule has 18 heavy (non-hydrogen) atoms. The topological polar surface area (TPSA) is 17.3 Å². The molecule has 3 aromatic heterocycles. The molecule has 0 aromatic carbocycles. The van der Waals surface area contributed by atoms with Gasteiger partial charge in [0.15, 0.2) is 4.96 Å². The Hall–Kier alpha value is -0.550. The largest absolute Gasteiger partial charge is 0.294 e. The van der Waals surface area contributed by atoms with Crippen LogP contribution in [-0.4, -0.2) is 9.38 Å². The molecule has 3 heterocycles. The molecule has 0 N–H and O–H groups in total. The maximum atomic E-state index is 6.18. The summed E-state index contributed by atoms with van der Waals surface area (Å²) in [6.45, 7) is 0. The second kappa shape index (κ2) is 3.97. The number of fused-ring (bicyclic) bond motifs is 3. The van der Waals surface area contributed by atoms with Crippen molar-refractivity contribution in [3.05, 3.63) is 31.5 Å². The average Bonchev–Trinajstić information content (AvgIpc) is 2.98.